The van der Waals surface area contributed by atoms with Crippen LogP contribution in [0.15, 0.2) is 42.6 Å². The second kappa shape index (κ2) is 7.99. The fourth-order valence-electron chi connectivity index (χ4n) is 2.98. The number of aryl methyl sites for hydroxylation is 1. The first-order chi connectivity index (χ1) is 12.6. The van der Waals surface area contributed by atoms with Crippen molar-refractivity contribution in [2.24, 2.45) is 0 Å². The Labute approximate surface area is 153 Å². The van der Waals surface area contributed by atoms with Crippen LogP contribution in [0, 0.1) is 6.92 Å². The Kier molecular flexibility index (Phi) is 5.51. The minimum Gasteiger partial charge on any atom is -0.438 e. The van der Waals surface area contributed by atoms with Gasteiger partial charge in [-0.2, -0.15) is 0 Å². The number of ether oxygens (including phenoxy) is 1. The first-order valence-corrected chi connectivity index (χ1v) is 8.81. The number of nitrogens with one attached hydrogen (secondary N) is 1. The number of hydrogen-bond donors (Lipinski definition) is 1. The van der Waals surface area contributed by atoms with Crippen molar-refractivity contribution < 1.29 is 14.3 Å². The van der Waals surface area contributed by atoms with Gasteiger partial charge in [-0.05, 0) is 38.0 Å². The molecule has 0 radical (unpaired) electrons. The molecule has 1 aliphatic rings. The van der Waals surface area contributed by atoms with Gasteiger partial charge in [-0.1, -0.05) is 24.3 Å². The van der Waals surface area contributed by atoms with Crippen LogP contribution in [-0.4, -0.2) is 34.3 Å². The molecule has 1 N–H and O–H groups in total. The Balaban J connectivity index is 1.66. The van der Waals surface area contributed by atoms with Gasteiger partial charge in [0.15, 0.2) is 0 Å². The zero-order valence-electron chi connectivity index (χ0n) is 15.1. The summed E-state index contributed by atoms with van der Waals surface area (Å²) in [4.78, 5) is 30.1. The summed E-state index contributed by atoms with van der Waals surface area (Å²) in [5.74, 6) is 1.06. The average molecular weight is 353 g/mol. The molecule has 0 unspecified atom stereocenters. The molecule has 1 atom stereocenters. The standard InChI is InChI=1S/C20H23N3O3/c1-14-7-3-4-9-17(14)26-20-16(8-5-11-21-20)13-22-19(25)15(2)23-12-6-10-18(23)24/h3-5,7-9,11,15H,6,10,12-13H2,1-2H3,(H,22,25)/t15-/m0/s1. The Morgan fingerprint density at radius 1 is 1.31 bits per heavy atom. The van der Waals surface area contributed by atoms with Crippen molar-refractivity contribution in [2.75, 3.05) is 6.54 Å². The average Bonchev–Trinajstić information content (AvgIpc) is 3.08. The summed E-state index contributed by atoms with van der Waals surface area (Å²) >= 11 is 0. The van der Waals surface area contributed by atoms with E-state index in [2.05, 4.69) is 10.3 Å². The van der Waals surface area contributed by atoms with E-state index in [0.29, 0.717) is 25.4 Å². The number of rotatable bonds is 6. The quantitative estimate of drug-likeness (QED) is 0.867. The fraction of sp³-hybridized carbons (Fsp3) is 0.350. The second-order valence-corrected chi connectivity index (χ2v) is 6.42. The number of nitrogens with zero attached hydrogens (tertiary/aromatic N) is 2. The molecule has 1 fully saturated rings. The zero-order chi connectivity index (χ0) is 18.5. The predicted octanol–water partition coefficient (Wildman–Crippen LogP) is 2.81. The van der Waals surface area contributed by atoms with Gasteiger partial charge in [-0.25, -0.2) is 4.98 Å². The van der Waals surface area contributed by atoms with Gasteiger partial charge in [0.1, 0.15) is 11.8 Å². The third-order valence-electron chi connectivity index (χ3n) is 4.56. The van der Waals surface area contributed by atoms with E-state index in [1.165, 1.54) is 0 Å². The molecule has 2 aromatic rings. The molecule has 2 heterocycles. The lowest BCUT2D eigenvalue weighted by atomic mass is 10.2. The Hall–Kier alpha value is -2.89. The molecule has 0 bridgehead atoms. The maximum Gasteiger partial charge on any atom is 0.242 e. The third-order valence-corrected chi connectivity index (χ3v) is 4.56. The molecule has 0 spiro atoms. The van der Waals surface area contributed by atoms with E-state index < -0.39 is 6.04 Å². The topological polar surface area (TPSA) is 71.5 Å². The van der Waals surface area contributed by atoms with Gasteiger partial charge in [-0.15, -0.1) is 0 Å². The van der Waals surface area contributed by atoms with Crippen LogP contribution in [0.2, 0.25) is 0 Å². The molecule has 6 heteroatoms. The van der Waals surface area contributed by atoms with Crippen molar-refractivity contribution in [1.82, 2.24) is 15.2 Å². The highest BCUT2D eigenvalue weighted by atomic mass is 16.5. The van der Waals surface area contributed by atoms with E-state index in [-0.39, 0.29) is 11.8 Å². The smallest absolute Gasteiger partial charge is 0.242 e. The predicted molar refractivity (Wildman–Crippen MR) is 97.7 cm³/mol. The van der Waals surface area contributed by atoms with E-state index in [0.717, 1.165) is 23.3 Å². The van der Waals surface area contributed by atoms with Crippen LogP contribution >= 0.6 is 0 Å². The zero-order valence-corrected chi connectivity index (χ0v) is 15.1. The van der Waals surface area contributed by atoms with Crippen molar-refractivity contribution in [3.63, 3.8) is 0 Å². The number of para-hydroxylation sites is 1. The van der Waals surface area contributed by atoms with Crippen LogP contribution in [0.4, 0.5) is 0 Å². The Morgan fingerprint density at radius 3 is 2.85 bits per heavy atom. The highest BCUT2D eigenvalue weighted by molar-refractivity contribution is 5.88. The first kappa shape index (κ1) is 17.9. The van der Waals surface area contributed by atoms with E-state index in [9.17, 15) is 9.59 Å². The second-order valence-electron chi connectivity index (χ2n) is 6.42. The lowest BCUT2D eigenvalue weighted by Crippen LogP contribution is -2.45. The van der Waals surface area contributed by atoms with E-state index >= 15 is 0 Å². The largest absolute Gasteiger partial charge is 0.438 e. The van der Waals surface area contributed by atoms with Crippen molar-refractivity contribution in [2.45, 2.75) is 39.3 Å². The van der Waals surface area contributed by atoms with Gasteiger partial charge in [0.05, 0.1) is 0 Å². The van der Waals surface area contributed by atoms with Crippen molar-refractivity contribution in [3.8, 4) is 11.6 Å². The van der Waals surface area contributed by atoms with Gasteiger partial charge >= 0.3 is 0 Å². The molecule has 26 heavy (non-hydrogen) atoms. The molecule has 0 aliphatic carbocycles. The van der Waals surface area contributed by atoms with Crippen LogP contribution in [0.1, 0.15) is 30.9 Å². The Bertz CT molecular complexity index is 806. The molecule has 1 aromatic heterocycles. The number of hydrogen-bond acceptors (Lipinski definition) is 4. The van der Waals surface area contributed by atoms with Crippen LogP contribution in [0.5, 0.6) is 11.6 Å². The molecule has 1 aromatic carbocycles. The SMILES string of the molecule is Cc1ccccc1Oc1ncccc1CNC(=O)[C@H](C)N1CCCC1=O. The lowest BCUT2D eigenvalue weighted by Gasteiger charge is -2.23. The number of pyridine rings is 1. The van der Waals surface area contributed by atoms with Crippen LogP contribution in [0.3, 0.4) is 0 Å². The van der Waals surface area contributed by atoms with Crippen molar-refractivity contribution in [1.29, 1.82) is 0 Å². The molecule has 1 saturated heterocycles. The number of benzene rings is 1. The minimum atomic E-state index is -0.470. The number of carbonyl (C=O) groups is 2. The van der Waals surface area contributed by atoms with Crippen molar-refractivity contribution >= 4 is 11.8 Å². The molecule has 1 aliphatic heterocycles. The molecule has 136 valence electrons. The van der Waals surface area contributed by atoms with Crippen molar-refractivity contribution in [3.05, 3.63) is 53.7 Å². The minimum absolute atomic E-state index is 0.0394. The number of likely N-dealkylation sites (tertiary alicyclic amines) is 1. The van der Waals surface area contributed by atoms with Gasteiger partial charge in [0.2, 0.25) is 17.7 Å². The van der Waals surface area contributed by atoms with E-state index in [1.54, 1.807) is 24.1 Å². The van der Waals surface area contributed by atoms with Crippen LogP contribution in [0.25, 0.3) is 0 Å². The number of carbonyl (C=O) groups excluding carboxylic acids is 2. The van der Waals surface area contributed by atoms with E-state index in [4.69, 9.17) is 4.74 Å². The number of aromatic nitrogens is 1. The summed E-state index contributed by atoms with van der Waals surface area (Å²) in [7, 11) is 0. The number of amides is 2. The normalized spacial score (nSPS) is 15.0. The highest BCUT2D eigenvalue weighted by Gasteiger charge is 2.29. The lowest BCUT2D eigenvalue weighted by molar-refractivity contribution is -0.136. The fourth-order valence-corrected chi connectivity index (χ4v) is 2.98. The molecule has 6 nitrogen and oxygen atoms in total. The summed E-state index contributed by atoms with van der Waals surface area (Å²) < 4.78 is 5.92. The van der Waals surface area contributed by atoms with Gasteiger partial charge in [0, 0.05) is 31.3 Å². The van der Waals surface area contributed by atoms with Crippen LogP contribution in [-0.2, 0) is 16.1 Å². The first-order valence-electron chi connectivity index (χ1n) is 8.81. The summed E-state index contributed by atoms with van der Waals surface area (Å²) in [6, 6.07) is 10.9. The third kappa shape index (κ3) is 4.02. The summed E-state index contributed by atoms with van der Waals surface area (Å²) in [5, 5.41) is 2.88. The Morgan fingerprint density at radius 2 is 2.12 bits per heavy atom. The van der Waals surface area contributed by atoms with Gasteiger partial charge in [0.25, 0.3) is 0 Å². The summed E-state index contributed by atoms with van der Waals surface area (Å²) in [6.07, 6.45) is 2.99. The maximum absolute atomic E-state index is 12.4. The molecule has 0 saturated carbocycles. The van der Waals surface area contributed by atoms with Gasteiger partial charge in [-0.3, -0.25) is 9.59 Å². The van der Waals surface area contributed by atoms with E-state index in [1.807, 2.05) is 37.3 Å². The summed E-state index contributed by atoms with van der Waals surface area (Å²) in [5.41, 5.74) is 1.79. The monoisotopic (exact) mass is 353 g/mol. The summed E-state index contributed by atoms with van der Waals surface area (Å²) in [6.45, 7) is 4.66. The molecule has 3 rings (SSSR count). The van der Waals surface area contributed by atoms with Crippen LogP contribution < -0.4 is 10.1 Å². The van der Waals surface area contributed by atoms with Gasteiger partial charge < -0.3 is 15.0 Å². The highest BCUT2D eigenvalue weighted by Crippen LogP contribution is 2.25. The molecular formula is C20H23N3O3. The maximum atomic E-state index is 12.4. The molecular weight excluding hydrogens is 330 g/mol. The molecule has 2 amide bonds.